The fraction of sp³-hybridized carbons (Fsp3) is 0.158. The van der Waals surface area contributed by atoms with Crippen LogP contribution in [-0.4, -0.2) is 17.0 Å². The first-order valence-electron chi connectivity index (χ1n) is 7.44. The van der Waals surface area contributed by atoms with Gasteiger partial charge in [0, 0.05) is 11.8 Å². The summed E-state index contributed by atoms with van der Waals surface area (Å²) in [6.45, 7) is 4.06. The maximum atomic E-state index is 12.5. The van der Waals surface area contributed by atoms with Gasteiger partial charge in [-0.25, -0.2) is 4.79 Å². The van der Waals surface area contributed by atoms with Crippen molar-refractivity contribution >= 4 is 11.5 Å². The minimum atomic E-state index is -0.409. The molecular weight excluding hydrogens is 288 g/mol. The number of aromatic nitrogens is 1. The number of carbonyl (C=O) groups is 1. The van der Waals surface area contributed by atoms with Crippen molar-refractivity contribution in [3.05, 3.63) is 65.5 Å². The van der Waals surface area contributed by atoms with Gasteiger partial charge in [0.05, 0.1) is 17.7 Å². The molecule has 1 aromatic carbocycles. The molecule has 0 amide bonds. The highest BCUT2D eigenvalue weighted by Crippen LogP contribution is 2.33. The Labute approximate surface area is 134 Å². The lowest BCUT2D eigenvalue weighted by atomic mass is 10.00. The van der Waals surface area contributed by atoms with Crippen molar-refractivity contribution in [1.82, 2.24) is 4.40 Å². The molecule has 0 aliphatic rings. The Bertz CT molecular complexity index is 915. The molecule has 0 unspecified atom stereocenters. The Morgan fingerprint density at radius 2 is 1.96 bits per heavy atom. The number of aryl methyl sites for hydroxylation is 1. The third kappa shape index (κ3) is 2.47. The molecule has 0 fully saturated rings. The van der Waals surface area contributed by atoms with E-state index in [9.17, 15) is 10.1 Å². The molecule has 114 valence electrons. The first kappa shape index (κ1) is 14.9. The summed E-state index contributed by atoms with van der Waals surface area (Å²) in [5, 5.41) is 9.63. The summed E-state index contributed by atoms with van der Waals surface area (Å²) in [6.07, 6.45) is 1.79. The molecule has 0 spiro atoms. The minimum absolute atomic E-state index is 0.290. The van der Waals surface area contributed by atoms with Crippen molar-refractivity contribution < 1.29 is 9.53 Å². The summed E-state index contributed by atoms with van der Waals surface area (Å²) in [5.74, 6) is -0.409. The van der Waals surface area contributed by atoms with Gasteiger partial charge >= 0.3 is 5.97 Å². The normalized spacial score (nSPS) is 10.5. The van der Waals surface area contributed by atoms with E-state index in [1.54, 1.807) is 17.5 Å². The molecule has 0 radical (unpaired) electrons. The van der Waals surface area contributed by atoms with Crippen molar-refractivity contribution in [2.75, 3.05) is 6.61 Å². The van der Waals surface area contributed by atoms with E-state index in [2.05, 4.69) is 6.07 Å². The Kier molecular flexibility index (Phi) is 3.86. The van der Waals surface area contributed by atoms with Crippen LogP contribution >= 0.6 is 0 Å². The van der Waals surface area contributed by atoms with Gasteiger partial charge in [-0.2, -0.15) is 5.26 Å². The zero-order chi connectivity index (χ0) is 16.4. The molecule has 0 saturated heterocycles. The van der Waals surface area contributed by atoms with Gasteiger partial charge < -0.3 is 9.14 Å². The van der Waals surface area contributed by atoms with Crippen LogP contribution in [-0.2, 0) is 4.74 Å². The van der Waals surface area contributed by atoms with Crippen LogP contribution in [0.1, 0.15) is 28.5 Å². The Morgan fingerprint density at radius 3 is 2.61 bits per heavy atom. The Hall–Kier alpha value is -3.06. The van der Waals surface area contributed by atoms with Gasteiger partial charge in [0.2, 0.25) is 0 Å². The predicted octanol–water partition coefficient (Wildman–Crippen LogP) is 3.96. The largest absolute Gasteiger partial charge is 0.462 e. The molecule has 0 saturated carbocycles. The summed E-state index contributed by atoms with van der Waals surface area (Å²) in [5.41, 5.74) is 4.13. The monoisotopic (exact) mass is 304 g/mol. The second-order valence-electron chi connectivity index (χ2n) is 5.25. The SMILES string of the molecule is CCOC(=O)c1c(-c2ccc(C)cc2)c(C#N)n2ccccc12. The van der Waals surface area contributed by atoms with Gasteiger partial charge in [-0.15, -0.1) is 0 Å². The van der Waals surface area contributed by atoms with Crippen molar-refractivity contribution in [2.24, 2.45) is 0 Å². The van der Waals surface area contributed by atoms with Gasteiger partial charge in [0.15, 0.2) is 0 Å². The van der Waals surface area contributed by atoms with E-state index in [4.69, 9.17) is 4.74 Å². The summed E-state index contributed by atoms with van der Waals surface area (Å²) in [7, 11) is 0. The van der Waals surface area contributed by atoms with Crippen LogP contribution in [0, 0.1) is 18.3 Å². The number of nitriles is 1. The predicted molar refractivity (Wildman–Crippen MR) is 88.2 cm³/mol. The third-order valence-electron chi connectivity index (χ3n) is 3.77. The van der Waals surface area contributed by atoms with E-state index in [1.807, 2.05) is 49.4 Å². The van der Waals surface area contributed by atoms with Crippen molar-refractivity contribution in [2.45, 2.75) is 13.8 Å². The molecule has 4 heteroatoms. The molecule has 0 atom stereocenters. The molecule has 3 rings (SSSR count). The molecule has 0 aliphatic heterocycles. The summed E-state index contributed by atoms with van der Waals surface area (Å²) >= 11 is 0. The van der Waals surface area contributed by atoms with Crippen molar-refractivity contribution in [3.8, 4) is 17.2 Å². The van der Waals surface area contributed by atoms with Crippen LogP contribution in [0.25, 0.3) is 16.6 Å². The summed E-state index contributed by atoms with van der Waals surface area (Å²) in [6, 6.07) is 15.5. The number of hydrogen-bond acceptors (Lipinski definition) is 3. The number of benzene rings is 1. The Morgan fingerprint density at radius 1 is 1.22 bits per heavy atom. The number of carbonyl (C=O) groups excluding carboxylic acids is 1. The molecule has 2 aromatic heterocycles. The fourth-order valence-electron chi connectivity index (χ4n) is 2.73. The number of nitrogens with zero attached hydrogens (tertiary/aromatic N) is 2. The minimum Gasteiger partial charge on any atom is -0.462 e. The van der Waals surface area contributed by atoms with Crippen LogP contribution in [0.5, 0.6) is 0 Å². The maximum absolute atomic E-state index is 12.5. The van der Waals surface area contributed by atoms with Crippen LogP contribution in [0.15, 0.2) is 48.7 Å². The maximum Gasteiger partial charge on any atom is 0.341 e. The first-order chi connectivity index (χ1) is 11.2. The van der Waals surface area contributed by atoms with Gasteiger partial charge in [0.1, 0.15) is 11.8 Å². The van der Waals surface area contributed by atoms with E-state index in [1.165, 1.54) is 0 Å². The zero-order valence-corrected chi connectivity index (χ0v) is 13.0. The number of pyridine rings is 1. The number of hydrogen-bond donors (Lipinski definition) is 0. The standard InChI is InChI=1S/C19H16N2O2/c1-3-23-19(22)18-15-6-4-5-11-21(15)16(12-20)17(18)14-9-7-13(2)8-10-14/h4-11H,3H2,1-2H3. The zero-order valence-electron chi connectivity index (χ0n) is 13.0. The van der Waals surface area contributed by atoms with Crippen molar-refractivity contribution in [1.29, 1.82) is 5.26 Å². The lowest BCUT2D eigenvalue weighted by molar-refractivity contribution is 0.0529. The summed E-state index contributed by atoms with van der Waals surface area (Å²) < 4.78 is 6.96. The molecule has 0 bridgehead atoms. The molecule has 0 aliphatic carbocycles. The lowest BCUT2D eigenvalue weighted by Gasteiger charge is -2.05. The van der Waals surface area contributed by atoms with E-state index in [0.29, 0.717) is 22.3 Å². The van der Waals surface area contributed by atoms with E-state index >= 15 is 0 Å². The van der Waals surface area contributed by atoms with Gasteiger partial charge in [-0.3, -0.25) is 0 Å². The second-order valence-corrected chi connectivity index (χ2v) is 5.25. The van der Waals surface area contributed by atoms with Crippen molar-refractivity contribution in [3.63, 3.8) is 0 Å². The second kappa shape index (κ2) is 5.98. The van der Waals surface area contributed by atoms with Gasteiger partial charge in [-0.1, -0.05) is 35.9 Å². The van der Waals surface area contributed by atoms with Crippen LogP contribution in [0.2, 0.25) is 0 Å². The molecule has 2 heterocycles. The summed E-state index contributed by atoms with van der Waals surface area (Å²) in [4.78, 5) is 12.5. The Balaban J connectivity index is 2.38. The number of esters is 1. The van der Waals surface area contributed by atoms with E-state index in [0.717, 1.165) is 11.1 Å². The highest BCUT2D eigenvalue weighted by molar-refractivity contribution is 6.06. The fourth-order valence-corrected chi connectivity index (χ4v) is 2.73. The molecule has 0 N–H and O–H groups in total. The molecule has 23 heavy (non-hydrogen) atoms. The van der Waals surface area contributed by atoms with E-state index in [-0.39, 0.29) is 6.61 Å². The molecule has 4 nitrogen and oxygen atoms in total. The lowest BCUT2D eigenvalue weighted by Crippen LogP contribution is -2.05. The highest BCUT2D eigenvalue weighted by Gasteiger charge is 2.25. The first-order valence-corrected chi connectivity index (χ1v) is 7.44. The van der Waals surface area contributed by atoms with Gasteiger partial charge in [-0.05, 0) is 31.5 Å². The quantitative estimate of drug-likeness (QED) is 0.688. The average molecular weight is 304 g/mol. The smallest absolute Gasteiger partial charge is 0.341 e. The average Bonchev–Trinajstić information content (AvgIpc) is 2.90. The topological polar surface area (TPSA) is 54.5 Å². The number of rotatable bonds is 3. The highest BCUT2D eigenvalue weighted by atomic mass is 16.5. The number of ether oxygens (including phenoxy) is 1. The van der Waals surface area contributed by atoms with E-state index < -0.39 is 5.97 Å². The molecular formula is C19H16N2O2. The van der Waals surface area contributed by atoms with Crippen LogP contribution in [0.4, 0.5) is 0 Å². The third-order valence-corrected chi connectivity index (χ3v) is 3.77. The molecule has 3 aromatic rings. The van der Waals surface area contributed by atoms with Gasteiger partial charge in [0.25, 0.3) is 0 Å². The van der Waals surface area contributed by atoms with Crippen LogP contribution in [0.3, 0.4) is 0 Å². The number of fused-ring (bicyclic) bond motifs is 1. The van der Waals surface area contributed by atoms with Crippen LogP contribution < -0.4 is 0 Å².